The maximum atomic E-state index is 12.7. The van der Waals surface area contributed by atoms with Crippen LogP contribution in [0.25, 0.3) is 11.1 Å². The Morgan fingerprint density at radius 1 is 1.24 bits per heavy atom. The number of hydrogen-bond acceptors (Lipinski definition) is 4. The second-order valence-electron chi connectivity index (χ2n) is 9.33. The number of nitrogen functional groups attached to an aromatic ring is 1. The standard InChI is InChI=1S/C24H28F3N5O2/c1-14-7-22(33)32(12-14)21-9-17(8-20(28)30-21)19-10-18(4-3-15(19)2)29-23(34)31-6-5-16(13-31)11-24(25,26)27/h3-4,8-10,14,16H,5-7,11-13H2,1-2H3,(H2,28,30)(H,29,34)/t14-,16+/m1/s1. The Morgan fingerprint density at radius 2 is 2.00 bits per heavy atom. The summed E-state index contributed by atoms with van der Waals surface area (Å²) in [5.74, 6) is 0.436. The minimum Gasteiger partial charge on any atom is -0.384 e. The van der Waals surface area contributed by atoms with Gasteiger partial charge < -0.3 is 16.0 Å². The monoisotopic (exact) mass is 475 g/mol. The maximum absolute atomic E-state index is 12.7. The van der Waals surface area contributed by atoms with E-state index in [1.807, 2.05) is 26.0 Å². The van der Waals surface area contributed by atoms with Crippen LogP contribution in [-0.4, -0.2) is 47.6 Å². The van der Waals surface area contributed by atoms with Crippen LogP contribution in [0.15, 0.2) is 30.3 Å². The van der Waals surface area contributed by atoms with Crippen LogP contribution in [-0.2, 0) is 4.79 Å². The van der Waals surface area contributed by atoms with Crippen molar-refractivity contribution in [3.05, 3.63) is 35.9 Å². The Morgan fingerprint density at radius 3 is 2.68 bits per heavy atom. The number of carbonyl (C=O) groups excluding carboxylic acids is 2. The van der Waals surface area contributed by atoms with Gasteiger partial charge in [0.25, 0.3) is 0 Å². The fraction of sp³-hybridized carbons (Fsp3) is 0.458. The number of benzene rings is 1. The van der Waals surface area contributed by atoms with E-state index in [1.54, 1.807) is 23.1 Å². The van der Waals surface area contributed by atoms with Crippen LogP contribution in [0.2, 0.25) is 0 Å². The zero-order valence-electron chi connectivity index (χ0n) is 19.2. The highest BCUT2D eigenvalue weighted by Crippen LogP contribution is 2.33. The summed E-state index contributed by atoms with van der Waals surface area (Å²) in [6, 6.07) is 8.49. The smallest absolute Gasteiger partial charge is 0.384 e. The number of aryl methyl sites for hydroxylation is 1. The number of rotatable bonds is 4. The molecule has 2 fully saturated rings. The summed E-state index contributed by atoms with van der Waals surface area (Å²) >= 11 is 0. The molecule has 10 heteroatoms. The molecular weight excluding hydrogens is 447 g/mol. The van der Waals surface area contributed by atoms with Crippen LogP contribution in [0.3, 0.4) is 0 Å². The molecule has 3 heterocycles. The molecule has 0 bridgehead atoms. The average Bonchev–Trinajstić information content (AvgIpc) is 3.33. The zero-order chi connectivity index (χ0) is 24.6. The van der Waals surface area contributed by atoms with Gasteiger partial charge >= 0.3 is 12.2 Å². The molecular formula is C24H28F3N5O2. The fourth-order valence-corrected chi connectivity index (χ4v) is 4.66. The molecule has 34 heavy (non-hydrogen) atoms. The summed E-state index contributed by atoms with van der Waals surface area (Å²) in [7, 11) is 0. The lowest BCUT2D eigenvalue weighted by molar-refractivity contribution is -0.143. The van der Waals surface area contributed by atoms with Gasteiger partial charge in [-0.25, -0.2) is 9.78 Å². The number of nitrogens with zero attached hydrogens (tertiary/aromatic N) is 3. The van der Waals surface area contributed by atoms with Crippen molar-refractivity contribution in [3.8, 4) is 11.1 Å². The molecule has 2 saturated heterocycles. The number of hydrogen-bond donors (Lipinski definition) is 2. The second kappa shape index (κ2) is 9.15. The first-order valence-electron chi connectivity index (χ1n) is 11.3. The maximum Gasteiger partial charge on any atom is 0.389 e. The first kappa shape index (κ1) is 23.8. The largest absolute Gasteiger partial charge is 0.389 e. The molecule has 2 aliphatic rings. The van der Waals surface area contributed by atoms with Gasteiger partial charge in [-0.1, -0.05) is 13.0 Å². The first-order chi connectivity index (χ1) is 16.0. The van der Waals surface area contributed by atoms with Crippen molar-refractivity contribution in [1.29, 1.82) is 0 Å². The third-order valence-corrected chi connectivity index (χ3v) is 6.32. The molecule has 1 aromatic carbocycles. The van der Waals surface area contributed by atoms with E-state index in [2.05, 4.69) is 10.3 Å². The molecule has 2 atom stereocenters. The van der Waals surface area contributed by atoms with E-state index in [4.69, 9.17) is 5.73 Å². The molecule has 2 aromatic rings. The average molecular weight is 476 g/mol. The number of halogens is 3. The zero-order valence-corrected chi connectivity index (χ0v) is 19.2. The van der Waals surface area contributed by atoms with E-state index in [9.17, 15) is 22.8 Å². The van der Waals surface area contributed by atoms with Crippen molar-refractivity contribution in [3.63, 3.8) is 0 Å². The van der Waals surface area contributed by atoms with Crippen LogP contribution in [0.5, 0.6) is 0 Å². The Labute approximate surface area is 196 Å². The minimum absolute atomic E-state index is 0.00345. The molecule has 1 aromatic heterocycles. The van der Waals surface area contributed by atoms with Crippen LogP contribution in [0, 0.1) is 18.8 Å². The normalized spacial score (nSPS) is 20.8. The van der Waals surface area contributed by atoms with Crippen LogP contribution >= 0.6 is 0 Å². The number of alkyl halides is 3. The fourth-order valence-electron chi connectivity index (χ4n) is 4.66. The van der Waals surface area contributed by atoms with Crippen LogP contribution < -0.4 is 16.0 Å². The number of aromatic nitrogens is 1. The highest BCUT2D eigenvalue weighted by atomic mass is 19.4. The molecule has 4 rings (SSSR count). The van der Waals surface area contributed by atoms with Crippen molar-refractivity contribution in [2.24, 2.45) is 11.8 Å². The van der Waals surface area contributed by atoms with Gasteiger partial charge in [0, 0.05) is 38.2 Å². The van der Waals surface area contributed by atoms with Crippen molar-refractivity contribution >= 4 is 29.3 Å². The third kappa shape index (κ3) is 5.43. The highest BCUT2D eigenvalue weighted by Gasteiger charge is 2.36. The number of anilines is 3. The Bertz CT molecular complexity index is 1100. The summed E-state index contributed by atoms with van der Waals surface area (Å²) in [5.41, 5.74) is 9.07. The van der Waals surface area contributed by atoms with Crippen molar-refractivity contribution in [2.75, 3.05) is 35.6 Å². The molecule has 0 unspecified atom stereocenters. The SMILES string of the molecule is Cc1ccc(NC(=O)N2CC[C@@H](CC(F)(F)F)C2)cc1-c1cc(N)nc(N2C[C@H](C)CC2=O)c1. The summed E-state index contributed by atoms with van der Waals surface area (Å²) < 4.78 is 38.0. The van der Waals surface area contributed by atoms with Crippen LogP contribution in [0.4, 0.5) is 35.3 Å². The number of carbonyl (C=O) groups is 2. The Hall–Kier alpha value is -3.30. The summed E-state index contributed by atoms with van der Waals surface area (Å²) in [6.07, 6.45) is -4.31. The second-order valence-corrected chi connectivity index (χ2v) is 9.33. The van der Waals surface area contributed by atoms with E-state index in [0.717, 1.165) is 16.7 Å². The van der Waals surface area contributed by atoms with Crippen molar-refractivity contribution in [1.82, 2.24) is 9.88 Å². The molecule has 3 N–H and O–H groups in total. The van der Waals surface area contributed by atoms with Gasteiger partial charge in [0.2, 0.25) is 5.91 Å². The molecule has 0 saturated carbocycles. The predicted molar refractivity (Wildman–Crippen MR) is 124 cm³/mol. The first-order valence-corrected chi connectivity index (χ1v) is 11.3. The molecule has 0 aliphatic carbocycles. The molecule has 3 amide bonds. The molecule has 182 valence electrons. The number of nitrogens with two attached hydrogens (primary N) is 1. The van der Waals surface area contributed by atoms with Gasteiger partial charge in [-0.15, -0.1) is 0 Å². The number of urea groups is 1. The van der Waals surface area contributed by atoms with Crippen molar-refractivity contribution in [2.45, 2.75) is 39.3 Å². The van der Waals surface area contributed by atoms with Gasteiger partial charge in [0.05, 0.1) is 0 Å². The molecule has 0 radical (unpaired) electrons. The molecule has 0 spiro atoms. The number of likely N-dealkylation sites (tertiary alicyclic amines) is 1. The lowest BCUT2D eigenvalue weighted by Crippen LogP contribution is -2.33. The van der Waals surface area contributed by atoms with E-state index >= 15 is 0 Å². The van der Waals surface area contributed by atoms with E-state index < -0.39 is 24.5 Å². The Balaban J connectivity index is 1.52. The highest BCUT2D eigenvalue weighted by molar-refractivity contribution is 5.96. The van der Waals surface area contributed by atoms with Crippen LogP contribution in [0.1, 0.15) is 31.7 Å². The lowest BCUT2D eigenvalue weighted by atomic mass is 10.00. The summed E-state index contributed by atoms with van der Waals surface area (Å²) in [5, 5.41) is 2.80. The van der Waals surface area contributed by atoms with Gasteiger partial charge in [-0.2, -0.15) is 13.2 Å². The summed E-state index contributed by atoms with van der Waals surface area (Å²) in [6.45, 7) is 4.87. The number of pyridine rings is 1. The minimum atomic E-state index is -4.23. The Kier molecular flexibility index (Phi) is 6.42. The van der Waals surface area contributed by atoms with Gasteiger partial charge in [0.1, 0.15) is 11.6 Å². The third-order valence-electron chi connectivity index (χ3n) is 6.32. The van der Waals surface area contributed by atoms with E-state index in [1.165, 1.54) is 4.90 Å². The predicted octanol–water partition coefficient (Wildman–Crippen LogP) is 4.82. The van der Waals surface area contributed by atoms with Gasteiger partial charge in [0.15, 0.2) is 0 Å². The number of nitrogens with one attached hydrogen (secondary N) is 1. The molecule has 2 aliphatic heterocycles. The van der Waals surface area contributed by atoms with Gasteiger partial charge in [-0.3, -0.25) is 9.69 Å². The van der Waals surface area contributed by atoms with Crippen molar-refractivity contribution < 1.29 is 22.8 Å². The molecule has 7 nitrogen and oxygen atoms in total. The number of amides is 3. The quantitative estimate of drug-likeness (QED) is 0.663. The summed E-state index contributed by atoms with van der Waals surface area (Å²) in [4.78, 5) is 32.4. The topological polar surface area (TPSA) is 91.6 Å². The van der Waals surface area contributed by atoms with Gasteiger partial charge in [-0.05, 0) is 66.1 Å². The van der Waals surface area contributed by atoms with E-state index in [0.29, 0.717) is 30.9 Å². The lowest BCUT2D eigenvalue weighted by Gasteiger charge is -2.19. The van der Waals surface area contributed by atoms with E-state index in [-0.39, 0.29) is 30.7 Å².